The highest BCUT2D eigenvalue weighted by Crippen LogP contribution is 2.38. The zero-order chi connectivity index (χ0) is 27.3. The predicted octanol–water partition coefficient (Wildman–Crippen LogP) is 2.60. The highest BCUT2D eigenvalue weighted by molar-refractivity contribution is 7.92. The summed E-state index contributed by atoms with van der Waals surface area (Å²) in [7, 11) is -4.17. The third-order valence-corrected chi connectivity index (χ3v) is 8.13. The van der Waals surface area contributed by atoms with Crippen molar-refractivity contribution in [1.29, 1.82) is 5.41 Å². The quantitative estimate of drug-likeness (QED) is 0.118. The summed E-state index contributed by atoms with van der Waals surface area (Å²) in [4.78, 5) is 24.6. The lowest BCUT2D eigenvalue weighted by Gasteiger charge is -2.16. The maximum absolute atomic E-state index is 13.5. The topological polar surface area (TPSA) is 184 Å². The van der Waals surface area contributed by atoms with Crippen LogP contribution >= 0.6 is 11.3 Å². The van der Waals surface area contributed by atoms with Gasteiger partial charge in [-0.2, -0.15) is 0 Å². The number of benzene rings is 2. The van der Waals surface area contributed by atoms with E-state index in [1.54, 1.807) is 11.4 Å². The van der Waals surface area contributed by atoms with Gasteiger partial charge in [0.2, 0.25) is 0 Å². The van der Waals surface area contributed by atoms with Crippen LogP contribution in [0.1, 0.15) is 28.1 Å². The molecule has 0 aliphatic carbocycles. The van der Waals surface area contributed by atoms with Crippen LogP contribution in [0.15, 0.2) is 58.8 Å². The minimum Gasteiger partial charge on any atom is -0.492 e. The molecule has 2 aromatic carbocycles. The lowest BCUT2D eigenvalue weighted by atomic mass is 10.0. The molecule has 200 valence electrons. The Morgan fingerprint density at radius 1 is 1.16 bits per heavy atom. The summed E-state index contributed by atoms with van der Waals surface area (Å²) < 4.78 is 35.2. The standard InChI is InChI=1S/C25H27N5O6S2/c26-25(27)28-10-4-7-19(24(32)33)29-23(31)22-18(9-12-37-22)30-38(34,35)20-14-17(15-5-2-1-3-6-15)13-16-8-11-36-21(16)20/h1-3,5-6,9,12-14,19,30H,4,7-8,10-11H2,(H,29,31)(H,32,33)(H4,26,27,28)/t19-/m0/s1. The molecule has 4 rings (SSSR count). The normalized spacial score (nSPS) is 13.2. The van der Waals surface area contributed by atoms with Crippen LogP contribution in [0.4, 0.5) is 5.69 Å². The Labute approximate surface area is 223 Å². The van der Waals surface area contributed by atoms with Crippen LogP contribution in [0.25, 0.3) is 11.1 Å². The third-order valence-electron chi connectivity index (χ3n) is 5.85. The molecule has 3 aromatic rings. The number of ether oxygens (including phenoxy) is 1. The van der Waals surface area contributed by atoms with Gasteiger partial charge in [-0.25, -0.2) is 13.2 Å². The molecule has 0 saturated carbocycles. The van der Waals surface area contributed by atoms with Crippen molar-refractivity contribution in [2.24, 2.45) is 5.73 Å². The Morgan fingerprint density at radius 2 is 1.92 bits per heavy atom. The Hall–Kier alpha value is -4.10. The summed E-state index contributed by atoms with van der Waals surface area (Å²) in [6, 6.07) is 13.1. The van der Waals surface area contributed by atoms with E-state index < -0.39 is 27.9 Å². The van der Waals surface area contributed by atoms with Crippen LogP contribution in [-0.4, -0.2) is 50.6 Å². The predicted molar refractivity (Wildman–Crippen MR) is 144 cm³/mol. The second-order valence-corrected chi connectivity index (χ2v) is 11.1. The van der Waals surface area contributed by atoms with E-state index in [1.807, 2.05) is 36.4 Å². The zero-order valence-electron chi connectivity index (χ0n) is 20.2. The Morgan fingerprint density at radius 3 is 2.63 bits per heavy atom. The fourth-order valence-electron chi connectivity index (χ4n) is 4.05. The van der Waals surface area contributed by atoms with E-state index >= 15 is 0 Å². The number of hydrogen-bond acceptors (Lipinski definition) is 7. The molecule has 11 nitrogen and oxygen atoms in total. The summed E-state index contributed by atoms with van der Waals surface area (Å²) in [5, 5.41) is 23.2. The first-order valence-corrected chi connectivity index (χ1v) is 14.1. The molecule has 0 spiro atoms. The lowest BCUT2D eigenvalue weighted by Crippen LogP contribution is -2.41. The van der Waals surface area contributed by atoms with E-state index in [9.17, 15) is 23.1 Å². The Kier molecular flexibility index (Phi) is 8.17. The van der Waals surface area contributed by atoms with Gasteiger partial charge in [-0.3, -0.25) is 14.9 Å². The fraction of sp³-hybridized carbons (Fsp3) is 0.240. The molecule has 1 aliphatic rings. The SMILES string of the molecule is N=C(N)NCCC[C@H](NC(=O)c1sccc1NS(=O)(=O)c1cc(-c2ccccc2)cc2c1OCC2)C(=O)O. The largest absolute Gasteiger partial charge is 0.492 e. The van der Waals surface area contributed by atoms with E-state index in [0.717, 1.165) is 28.0 Å². The van der Waals surface area contributed by atoms with E-state index in [0.29, 0.717) is 19.4 Å². The number of carbonyl (C=O) groups is 2. The first-order valence-electron chi connectivity index (χ1n) is 11.7. The number of thiophene rings is 1. The molecule has 2 heterocycles. The van der Waals surface area contributed by atoms with Gasteiger partial charge in [-0.1, -0.05) is 30.3 Å². The molecular formula is C25H27N5O6S2. The molecule has 0 bridgehead atoms. The van der Waals surface area contributed by atoms with Crippen molar-refractivity contribution in [3.8, 4) is 16.9 Å². The van der Waals surface area contributed by atoms with Gasteiger partial charge in [0.1, 0.15) is 21.6 Å². The van der Waals surface area contributed by atoms with Gasteiger partial charge in [0.25, 0.3) is 15.9 Å². The van der Waals surface area contributed by atoms with Crippen LogP contribution in [0.3, 0.4) is 0 Å². The summed E-state index contributed by atoms with van der Waals surface area (Å²) in [5.41, 5.74) is 7.60. The van der Waals surface area contributed by atoms with Crippen LogP contribution < -0.4 is 25.8 Å². The maximum atomic E-state index is 13.5. The molecule has 13 heteroatoms. The maximum Gasteiger partial charge on any atom is 0.326 e. The first-order chi connectivity index (χ1) is 18.2. The summed E-state index contributed by atoms with van der Waals surface area (Å²) in [5.74, 6) is -1.90. The molecule has 0 unspecified atom stereocenters. The second-order valence-electron chi connectivity index (χ2n) is 8.54. The van der Waals surface area contributed by atoms with Gasteiger partial charge in [-0.05, 0) is 53.1 Å². The number of sulfonamides is 1. The molecule has 0 fully saturated rings. The van der Waals surface area contributed by atoms with Crippen molar-refractivity contribution in [3.63, 3.8) is 0 Å². The van der Waals surface area contributed by atoms with Gasteiger partial charge in [0, 0.05) is 13.0 Å². The minimum atomic E-state index is -4.17. The highest BCUT2D eigenvalue weighted by Gasteiger charge is 2.29. The van der Waals surface area contributed by atoms with Crippen LogP contribution in [0, 0.1) is 5.41 Å². The van der Waals surface area contributed by atoms with Gasteiger partial charge in [0.15, 0.2) is 5.96 Å². The summed E-state index contributed by atoms with van der Waals surface area (Å²) >= 11 is 0.985. The van der Waals surface area contributed by atoms with Gasteiger partial charge < -0.3 is 26.2 Å². The summed E-state index contributed by atoms with van der Waals surface area (Å²) in [6.07, 6.45) is 0.996. The van der Waals surface area contributed by atoms with Crippen LogP contribution in [-0.2, 0) is 21.2 Å². The van der Waals surface area contributed by atoms with Crippen molar-refractivity contribution in [2.45, 2.75) is 30.2 Å². The number of hydrogen-bond donors (Lipinski definition) is 6. The van der Waals surface area contributed by atoms with E-state index in [-0.39, 0.29) is 40.1 Å². The smallest absolute Gasteiger partial charge is 0.326 e. The fourth-order valence-corrected chi connectivity index (χ4v) is 6.15. The van der Waals surface area contributed by atoms with Crippen LogP contribution in [0.2, 0.25) is 0 Å². The molecule has 1 aromatic heterocycles. The third kappa shape index (κ3) is 6.23. The molecule has 0 saturated heterocycles. The molecule has 38 heavy (non-hydrogen) atoms. The molecule has 1 amide bonds. The number of carbonyl (C=O) groups excluding carboxylic acids is 1. The second kappa shape index (κ2) is 11.5. The highest BCUT2D eigenvalue weighted by atomic mass is 32.2. The monoisotopic (exact) mass is 557 g/mol. The molecule has 7 N–H and O–H groups in total. The van der Waals surface area contributed by atoms with Gasteiger partial charge in [-0.15, -0.1) is 11.3 Å². The number of guanidine groups is 1. The van der Waals surface area contributed by atoms with Crippen molar-refractivity contribution < 1.29 is 27.9 Å². The average Bonchev–Trinajstić information content (AvgIpc) is 3.54. The van der Waals surface area contributed by atoms with Crippen molar-refractivity contribution in [1.82, 2.24) is 10.6 Å². The number of rotatable bonds is 11. The van der Waals surface area contributed by atoms with Crippen molar-refractivity contribution in [2.75, 3.05) is 17.9 Å². The summed E-state index contributed by atoms with van der Waals surface area (Å²) in [6.45, 7) is 0.633. The van der Waals surface area contributed by atoms with Gasteiger partial charge >= 0.3 is 5.97 Å². The number of carboxylic acids is 1. The number of nitrogens with two attached hydrogens (primary N) is 1. The minimum absolute atomic E-state index is 0.0264. The Balaban J connectivity index is 1.55. The van der Waals surface area contributed by atoms with E-state index in [4.69, 9.17) is 15.9 Å². The van der Waals surface area contributed by atoms with Gasteiger partial charge in [0.05, 0.1) is 12.3 Å². The number of amides is 1. The molecular weight excluding hydrogens is 530 g/mol. The lowest BCUT2D eigenvalue weighted by molar-refractivity contribution is -0.139. The Bertz CT molecular complexity index is 1460. The molecule has 1 atom stereocenters. The number of aliphatic carboxylic acids is 1. The van der Waals surface area contributed by atoms with E-state index in [1.165, 1.54) is 6.07 Å². The molecule has 1 aliphatic heterocycles. The first kappa shape index (κ1) is 26.9. The van der Waals surface area contributed by atoms with E-state index in [2.05, 4.69) is 15.4 Å². The van der Waals surface area contributed by atoms with Crippen LogP contribution in [0.5, 0.6) is 5.75 Å². The molecule has 0 radical (unpaired) electrons. The van der Waals surface area contributed by atoms with Crippen molar-refractivity contribution in [3.05, 3.63) is 64.4 Å². The number of nitrogens with one attached hydrogen (secondary N) is 4. The number of fused-ring (bicyclic) bond motifs is 1. The number of carboxylic acid groups (broad SMARTS) is 1. The zero-order valence-corrected chi connectivity index (χ0v) is 21.8. The van der Waals surface area contributed by atoms with Crippen molar-refractivity contribution >= 4 is 44.9 Å². The number of anilines is 1. The average molecular weight is 558 g/mol.